The largest absolute Gasteiger partial charge is 0.598 e. The van der Waals surface area contributed by atoms with Gasteiger partial charge >= 0.3 is 6.18 Å². The molecule has 2 aliphatic heterocycles. The summed E-state index contributed by atoms with van der Waals surface area (Å²) in [4.78, 5) is 14.8. The molecule has 1 unspecified atom stereocenters. The van der Waals surface area contributed by atoms with E-state index in [0.717, 1.165) is 94.0 Å². The van der Waals surface area contributed by atoms with Crippen molar-refractivity contribution in [2.24, 2.45) is 0 Å². The molecule has 2 saturated heterocycles. The first-order chi connectivity index (χ1) is 22.5. The number of alkyl halides is 3. The van der Waals surface area contributed by atoms with Crippen LogP contribution in [-0.2, 0) is 37.3 Å². The smallest absolute Gasteiger partial charge is 0.393 e. The highest BCUT2D eigenvalue weighted by Crippen LogP contribution is 2.34. The minimum Gasteiger partial charge on any atom is -0.598 e. The van der Waals surface area contributed by atoms with Crippen molar-refractivity contribution in [1.82, 2.24) is 28.6 Å². The molecule has 0 spiro atoms. The summed E-state index contributed by atoms with van der Waals surface area (Å²) in [6.45, 7) is 11.6. The molecule has 1 N–H and O–H groups in total. The second kappa shape index (κ2) is 14.3. The minimum absolute atomic E-state index is 0.169. The number of nitrogens with zero attached hydrogens (tertiary/aromatic N) is 7. The number of hydrogen-bond acceptors (Lipinski definition) is 9. The lowest BCUT2D eigenvalue weighted by molar-refractivity contribution is -0.126. The molecule has 4 aromatic rings. The summed E-state index contributed by atoms with van der Waals surface area (Å²) in [7, 11) is 0. The SMILES string of the molecule is CCc1nc(NC2CCN(Cc3ccc4c(cc(C#N)n4CCN4CCN([S+](C)[O-])CC4)c3C)CC2)c2cc(CC(F)(F)F)sc2n1. The zero-order valence-electron chi connectivity index (χ0n) is 27.1. The molecule has 0 amide bonds. The number of fused-ring (bicyclic) bond motifs is 2. The van der Waals surface area contributed by atoms with Crippen LogP contribution in [-0.4, -0.2) is 97.5 Å². The quantitative estimate of drug-likeness (QED) is 0.219. The standard InChI is InChI=1S/C33H41F3N8OS2/c1-4-30-39-31(28-18-26(19-33(34,35)36)46-32(28)40-30)38-24-7-9-42(10-8-24)21-23-5-6-29-27(22(23)2)17-25(20-37)44(29)16-13-41-11-14-43(15-12-41)47(3)45/h5-6,17-18,24H,4,7-16,19,21H2,1-3H3,(H,38,39,40). The molecule has 5 heterocycles. The summed E-state index contributed by atoms with van der Waals surface area (Å²) in [5.74, 6) is 1.26. The van der Waals surface area contributed by atoms with Gasteiger partial charge in [-0.15, -0.1) is 15.6 Å². The number of aryl methyl sites for hydroxylation is 2. The van der Waals surface area contributed by atoms with Crippen molar-refractivity contribution in [3.05, 3.63) is 51.8 Å². The van der Waals surface area contributed by atoms with Crippen LogP contribution in [0.2, 0.25) is 0 Å². The maximum Gasteiger partial charge on any atom is 0.393 e. The lowest BCUT2D eigenvalue weighted by atomic mass is 10.0. The van der Waals surface area contributed by atoms with E-state index in [1.807, 2.05) is 17.3 Å². The fourth-order valence-electron chi connectivity index (χ4n) is 6.72. The lowest BCUT2D eigenvalue weighted by Crippen LogP contribution is -2.48. The number of anilines is 1. The molecular weight excluding hydrogens is 646 g/mol. The van der Waals surface area contributed by atoms with Crippen LogP contribution in [0.15, 0.2) is 24.3 Å². The van der Waals surface area contributed by atoms with E-state index >= 15 is 0 Å². The van der Waals surface area contributed by atoms with Gasteiger partial charge in [-0.2, -0.15) is 18.4 Å². The first-order valence-electron chi connectivity index (χ1n) is 16.2. The summed E-state index contributed by atoms with van der Waals surface area (Å²) in [5, 5.41) is 15.3. The van der Waals surface area contributed by atoms with Crippen molar-refractivity contribution in [2.75, 3.05) is 57.4 Å². The Morgan fingerprint density at radius 2 is 1.79 bits per heavy atom. The Morgan fingerprint density at radius 1 is 1.04 bits per heavy atom. The maximum absolute atomic E-state index is 13.1. The molecule has 1 aromatic carbocycles. The fourth-order valence-corrected chi connectivity index (χ4v) is 8.47. The van der Waals surface area contributed by atoms with Crippen LogP contribution < -0.4 is 5.32 Å². The van der Waals surface area contributed by atoms with E-state index in [4.69, 9.17) is 0 Å². The molecule has 6 rings (SSSR count). The topological polar surface area (TPSA) is 99.3 Å². The third kappa shape index (κ3) is 7.87. The monoisotopic (exact) mass is 686 g/mol. The number of likely N-dealkylation sites (tertiary alicyclic amines) is 1. The maximum atomic E-state index is 13.1. The lowest BCUT2D eigenvalue weighted by Gasteiger charge is -2.33. The predicted octanol–water partition coefficient (Wildman–Crippen LogP) is 5.48. The first-order valence-corrected chi connectivity index (χ1v) is 18.5. The number of piperidine rings is 1. The van der Waals surface area contributed by atoms with Gasteiger partial charge < -0.3 is 14.4 Å². The summed E-state index contributed by atoms with van der Waals surface area (Å²) in [6, 6.07) is 10.5. The van der Waals surface area contributed by atoms with Gasteiger partial charge in [-0.1, -0.05) is 13.0 Å². The number of nitrogens with one attached hydrogen (secondary N) is 1. The van der Waals surface area contributed by atoms with E-state index in [2.05, 4.69) is 54.8 Å². The van der Waals surface area contributed by atoms with Crippen molar-refractivity contribution >= 4 is 49.6 Å². The van der Waals surface area contributed by atoms with Gasteiger partial charge in [0.1, 0.15) is 34.5 Å². The van der Waals surface area contributed by atoms with Crippen LogP contribution in [0.25, 0.3) is 21.1 Å². The number of piperazine rings is 1. The summed E-state index contributed by atoms with van der Waals surface area (Å²) < 4.78 is 55.1. The minimum atomic E-state index is -4.26. The van der Waals surface area contributed by atoms with Gasteiger partial charge in [0, 0.05) is 85.4 Å². The highest BCUT2D eigenvalue weighted by molar-refractivity contribution is 7.88. The van der Waals surface area contributed by atoms with Crippen LogP contribution in [0.1, 0.15) is 47.3 Å². The first kappa shape index (κ1) is 34.0. The number of nitriles is 1. The Labute approximate surface area is 280 Å². The van der Waals surface area contributed by atoms with Crippen LogP contribution in [0.5, 0.6) is 0 Å². The molecule has 0 aliphatic carbocycles. The normalized spacial score (nSPS) is 18.3. The van der Waals surface area contributed by atoms with Crippen molar-refractivity contribution in [2.45, 2.75) is 64.8 Å². The van der Waals surface area contributed by atoms with Crippen LogP contribution in [0.4, 0.5) is 19.0 Å². The molecular formula is C33H41F3N8OS2. The molecule has 14 heteroatoms. The second-order valence-electron chi connectivity index (χ2n) is 12.5. The van der Waals surface area contributed by atoms with Crippen LogP contribution >= 0.6 is 11.3 Å². The van der Waals surface area contributed by atoms with E-state index in [0.29, 0.717) is 34.0 Å². The highest BCUT2D eigenvalue weighted by Gasteiger charge is 2.30. The van der Waals surface area contributed by atoms with Crippen LogP contribution in [0, 0.1) is 18.3 Å². The third-order valence-corrected chi connectivity index (χ3v) is 11.5. The van der Waals surface area contributed by atoms with Gasteiger partial charge in [-0.05, 0) is 49.1 Å². The third-order valence-electron chi connectivity index (χ3n) is 9.42. The van der Waals surface area contributed by atoms with Crippen molar-refractivity contribution in [1.29, 1.82) is 5.26 Å². The number of halogens is 3. The zero-order valence-corrected chi connectivity index (χ0v) is 28.7. The Hall–Kier alpha value is -2.93. The van der Waals surface area contributed by atoms with Crippen LogP contribution in [0.3, 0.4) is 0 Å². The Kier molecular flexibility index (Phi) is 10.3. The molecule has 9 nitrogen and oxygen atoms in total. The molecule has 47 heavy (non-hydrogen) atoms. The number of aromatic nitrogens is 3. The van der Waals surface area contributed by atoms with E-state index < -0.39 is 24.0 Å². The fraction of sp³-hybridized carbons (Fsp3) is 0.545. The van der Waals surface area contributed by atoms with Gasteiger partial charge in [0.25, 0.3) is 0 Å². The van der Waals surface area contributed by atoms with E-state index in [1.165, 1.54) is 11.1 Å². The second-order valence-corrected chi connectivity index (χ2v) is 15.0. The Bertz CT molecular complexity index is 1750. The molecule has 0 saturated carbocycles. The summed E-state index contributed by atoms with van der Waals surface area (Å²) >= 11 is 0.163. The molecule has 2 aliphatic rings. The average Bonchev–Trinajstić information content (AvgIpc) is 3.62. The van der Waals surface area contributed by atoms with E-state index in [9.17, 15) is 23.0 Å². The van der Waals surface area contributed by atoms with Crippen molar-refractivity contribution in [3.8, 4) is 6.07 Å². The number of thiophene rings is 1. The summed E-state index contributed by atoms with van der Waals surface area (Å²) in [6.07, 6.45) is -1.09. The molecule has 3 aromatic heterocycles. The average molecular weight is 687 g/mol. The number of benzene rings is 1. The van der Waals surface area contributed by atoms with Crippen molar-refractivity contribution in [3.63, 3.8) is 0 Å². The highest BCUT2D eigenvalue weighted by atomic mass is 32.2. The molecule has 1 atom stereocenters. The van der Waals surface area contributed by atoms with Gasteiger partial charge in [-0.25, -0.2) is 9.97 Å². The Balaban J connectivity index is 1.08. The van der Waals surface area contributed by atoms with E-state index in [1.54, 1.807) is 12.3 Å². The predicted molar refractivity (Wildman–Crippen MR) is 182 cm³/mol. The summed E-state index contributed by atoms with van der Waals surface area (Å²) in [5.41, 5.74) is 4.18. The van der Waals surface area contributed by atoms with Gasteiger partial charge in [-0.3, -0.25) is 9.80 Å². The molecule has 252 valence electrons. The molecule has 2 fully saturated rings. The zero-order chi connectivity index (χ0) is 33.3. The van der Waals surface area contributed by atoms with Gasteiger partial charge in [0.05, 0.1) is 24.9 Å². The van der Waals surface area contributed by atoms with Crippen molar-refractivity contribution < 1.29 is 17.7 Å². The van der Waals surface area contributed by atoms with Gasteiger partial charge in [0.2, 0.25) is 0 Å². The Morgan fingerprint density at radius 3 is 2.45 bits per heavy atom. The number of hydrogen-bond donors (Lipinski definition) is 1. The number of rotatable bonds is 10. The van der Waals surface area contributed by atoms with E-state index in [-0.39, 0.29) is 10.9 Å². The molecule has 0 radical (unpaired) electrons. The van der Waals surface area contributed by atoms with Gasteiger partial charge in [0.15, 0.2) is 0 Å². The molecule has 0 bridgehead atoms.